The van der Waals surface area contributed by atoms with Gasteiger partial charge < -0.3 is 10.2 Å². The van der Waals surface area contributed by atoms with Crippen molar-refractivity contribution in [1.82, 2.24) is 0 Å². The molecule has 0 saturated heterocycles. The molecule has 0 radical (unpaired) electrons. The second kappa shape index (κ2) is 7.03. The van der Waals surface area contributed by atoms with E-state index in [0.29, 0.717) is 6.42 Å². The van der Waals surface area contributed by atoms with Crippen LogP contribution in [0.25, 0.3) is 0 Å². The van der Waals surface area contributed by atoms with E-state index in [2.05, 4.69) is 0 Å². The Hall–Kier alpha value is -0.0800. The normalized spacial score (nSPS) is 22.3. The summed E-state index contributed by atoms with van der Waals surface area (Å²) in [5, 5.41) is 17.6. The lowest BCUT2D eigenvalue weighted by Crippen LogP contribution is -2.02. The summed E-state index contributed by atoms with van der Waals surface area (Å²) < 4.78 is 28.6. The molecule has 0 aromatic rings. The lowest BCUT2D eigenvalue weighted by atomic mass is 10.1. The van der Waals surface area contributed by atoms with Crippen LogP contribution in [-0.4, -0.2) is 16.5 Å². The van der Waals surface area contributed by atoms with Gasteiger partial charge in [-0.3, -0.25) is 0 Å². The van der Waals surface area contributed by atoms with Crippen molar-refractivity contribution in [3.8, 4) is 0 Å². The van der Waals surface area contributed by atoms with Crippen molar-refractivity contribution in [1.29, 1.82) is 0 Å². The molecule has 0 heterocycles. The molecule has 1 atom stereocenters. The van der Waals surface area contributed by atoms with Crippen molar-refractivity contribution in [2.24, 2.45) is 0 Å². The second-order valence-corrected chi connectivity index (χ2v) is 2.17. The summed E-state index contributed by atoms with van der Waals surface area (Å²) in [4.78, 5) is 0. The topological polar surface area (TPSA) is 40.5 Å². The van der Waals surface area contributed by atoms with E-state index in [1.54, 1.807) is 0 Å². The molecule has 2 heteroatoms. The Bertz CT molecular complexity index is 167. The SMILES string of the molecule is [2H]C(CCCCC)C([2H])([2H])C([2H])(O)O. The van der Waals surface area contributed by atoms with Crippen LogP contribution in [0.1, 0.15) is 50.9 Å². The molecular weight excluding hydrogens is 128 g/mol. The zero-order valence-electron chi connectivity index (χ0n) is 10.3. The summed E-state index contributed by atoms with van der Waals surface area (Å²) in [5.41, 5.74) is 0. The smallest absolute Gasteiger partial charge is 0.151 e. The Kier molecular flexibility index (Phi) is 3.33. The third-order valence-corrected chi connectivity index (χ3v) is 1.18. The number of unbranched alkanes of at least 4 members (excludes halogenated alkanes) is 2. The summed E-state index contributed by atoms with van der Waals surface area (Å²) in [6, 6.07) is 0. The summed E-state index contributed by atoms with van der Waals surface area (Å²) in [6.45, 7) is 1.99. The Morgan fingerprint density at radius 2 is 2.10 bits per heavy atom. The highest BCUT2D eigenvalue weighted by Crippen LogP contribution is 2.05. The lowest BCUT2D eigenvalue weighted by molar-refractivity contribution is -0.0465. The maximum Gasteiger partial charge on any atom is 0.151 e. The molecule has 2 N–H and O–H groups in total. The van der Waals surface area contributed by atoms with Gasteiger partial charge in [0.2, 0.25) is 0 Å². The molecule has 0 aromatic heterocycles. The minimum Gasteiger partial charge on any atom is -0.368 e. The van der Waals surface area contributed by atoms with Crippen molar-refractivity contribution in [3.05, 3.63) is 0 Å². The van der Waals surface area contributed by atoms with Crippen LogP contribution in [0.4, 0.5) is 0 Å². The number of rotatable bonds is 6. The van der Waals surface area contributed by atoms with Gasteiger partial charge in [-0.2, -0.15) is 0 Å². The van der Waals surface area contributed by atoms with Gasteiger partial charge >= 0.3 is 0 Å². The van der Waals surface area contributed by atoms with Gasteiger partial charge in [0.25, 0.3) is 0 Å². The minimum atomic E-state index is -3.19. The minimum absolute atomic E-state index is 0.239. The molecule has 0 rings (SSSR count). The molecule has 2 nitrogen and oxygen atoms in total. The molecule has 62 valence electrons. The fraction of sp³-hybridized carbons (Fsp3) is 1.00. The summed E-state index contributed by atoms with van der Waals surface area (Å²) in [7, 11) is 0. The molecule has 0 spiro atoms. The van der Waals surface area contributed by atoms with E-state index < -0.39 is 19.0 Å². The van der Waals surface area contributed by atoms with Crippen molar-refractivity contribution in [2.75, 3.05) is 0 Å². The number of hydrogen-bond acceptors (Lipinski definition) is 2. The molecule has 1 unspecified atom stereocenters. The highest BCUT2D eigenvalue weighted by Gasteiger charge is 1.95. The first-order valence-corrected chi connectivity index (χ1v) is 3.60. The second-order valence-electron chi connectivity index (χ2n) is 2.17. The fourth-order valence-corrected chi connectivity index (χ4v) is 0.660. The monoisotopic (exact) mass is 150 g/mol. The van der Waals surface area contributed by atoms with E-state index in [1.807, 2.05) is 6.92 Å². The largest absolute Gasteiger partial charge is 0.368 e. The van der Waals surface area contributed by atoms with Gasteiger partial charge in [0.15, 0.2) is 6.27 Å². The highest BCUT2D eigenvalue weighted by atomic mass is 16.5. The predicted octanol–water partition coefficient (Wildman–Crippen LogP) is 1.66. The van der Waals surface area contributed by atoms with Crippen molar-refractivity contribution in [3.63, 3.8) is 0 Å². The summed E-state index contributed by atoms with van der Waals surface area (Å²) in [6.07, 6.45) is -4.33. The van der Waals surface area contributed by atoms with E-state index in [0.717, 1.165) is 12.8 Å². The zero-order chi connectivity index (χ0) is 11.4. The van der Waals surface area contributed by atoms with Crippen LogP contribution in [0, 0.1) is 0 Å². The predicted molar refractivity (Wildman–Crippen MR) is 41.6 cm³/mol. The molecule has 0 aliphatic rings. The standard InChI is InChI=1S/C8H18O2/c1-2-3-4-5-6-7-8(9)10/h8-10H,2-7H2,1H3/i6D,7D2,8D. The van der Waals surface area contributed by atoms with Crippen LogP contribution in [0.3, 0.4) is 0 Å². The number of hydrogen-bond donors (Lipinski definition) is 2. The Labute approximate surface area is 68.5 Å². The zero-order valence-corrected chi connectivity index (χ0v) is 6.30. The summed E-state index contributed by atoms with van der Waals surface area (Å²) in [5.74, 6) is 0. The van der Waals surface area contributed by atoms with Crippen LogP contribution in [0.2, 0.25) is 0 Å². The van der Waals surface area contributed by atoms with Gasteiger partial charge in [0.05, 0.1) is 1.37 Å². The van der Waals surface area contributed by atoms with Crippen LogP contribution in [0.5, 0.6) is 0 Å². The molecule has 0 bridgehead atoms. The molecule has 10 heavy (non-hydrogen) atoms. The fourth-order valence-electron chi connectivity index (χ4n) is 0.660. The Morgan fingerprint density at radius 1 is 1.40 bits per heavy atom. The maximum absolute atomic E-state index is 8.80. The highest BCUT2D eigenvalue weighted by molar-refractivity contribution is 4.44. The van der Waals surface area contributed by atoms with E-state index in [1.165, 1.54) is 0 Å². The summed E-state index contributed by atoms with van der Waals surface area (Å²) >= 11 is 0. The van der Waals surface area contributed by atoms with Gasteiger partial charge in [0.1, 0.15) is 0 Å². The quantitative estimate of drug-likeness (QED) is 0.446. The third-order valence-electron chi connectivity index (χ3n) is 1.18. The Balaban J connectivity index is 4.15. The molecule has 0 aliphatic carbocycles. The van der Waals surface area contributed by atoms with Crippen LogP contribution in [-0.2, 0) is 0 Å². The van der Waals surface area contributed by atoms with E-state index in [9.17, 15) is 0 Å². The molecule has 0 aliphatic heterocycles. The molecule has 0 aromatic carbocycles. The maximum atomic E-state index is 8.80. The van der Waals surface area contributed by atoms with Crippen LogP contribution >= 0.6 is 0 Å². The van der Waals surface area contributed by atoms with E-state index in [4.69, 9.17) is 15.7 Å². The van der Waals surface area contributed by atoms with Gasteiger partial charge in [0, 0.05) is 4.11 Å². The van der Waals surface area contributed by atoms with E-state index >= 15 is 0 Å². The van der Waals surface area contributed by atoms with Crippen molar-refractivity contribution < 1.29 is 15.7 Å². The average Bonchev–Trinajstić information content (AvgIpc) is 2.02. The molecule has 0 amide bonds. The van der Waals surface area contributed by atoms with Crippen molar-refractivity contribution in [2.45, 2.75) is 51.6 Å². The van der Waals surface area contributed by atoms with E-state index in [-0.39, 0.29) is 6.42 Å². The lowest BCUT2D eigenvalue weighted by Gasteiger charge is -2.01. The first-order chi connectivity index (χ1) is 6.23. The first kappa shape index (κ1) is 4.73. The van der Waals surface area contributed by atoms with Gasteiger partial charge in [-0.05, 0) is 12.8 Å². The van der Waals surface area contributed by atoms with Crippen LogP contribution < -0.4 is 0 Å². The van der Waals surface area contributed by atoms with Gasteiger partial charge in [-0.15, -0.1) is 0 Å². The third kappa shape index (κ3) is 7.92. The molecule has 0 saturated carbocycles. The number of aliphatic hydroxyl groups is 2. The molecular formula is C8H18O2. The van der Waals surface area contributed by atoms with Gasteiger partial charge in [-0.1, -0.05) is 32.6 Å². The van der Waals surface area contributed by atoms with Gasteiger partial charge in [-0.25, -0.2) is 0 Å². The first-order valence-electron chi connectivity index (χ1n) is 5.68. The molecule has 0 fully saturated rings. The van der Waals surface area contributed by atoms with Crippen LogP contribution in [0.15, 0.2) is 0 Å². The van der Waals surface area contributed by atoms with Crippen molar-refractivity contribution >= 4 is 0 Å². The Morgan fingerprint density at radius 3 is 2.60 bits per heavy atom. The average molecular weight is 150 g/mol.